The van der Waals surface area contributed by atoms with Gasteiger partial charge in [-0.25, -0.2) is 0 Å². The summed E-state index contributed by atoms with van der Waals surface area (Å²) in [6.45, 7) is 4.29. The fourth-order valence-corrected chi connectivity index (χ4v) is 1.63. The van der Waals surface area contributed by atoms with Gasteiger partial charge in [-0.3, -0.25) is 0 Å². The Kier molecular flexibility index (Phi) is 3.17. The minimum atomic E-state index is 0.529. The van der Waals surface area contributed by atoms with Crippen LogP contribution in [0.4, 0.5) is 0 Å². The lowest BCUT2D eigenvalue weighted by molar-refractivity contribution is 0.925. The van der Waals surface area contributed by atoms with Crippen LogP contribution in [0.5, 0.6) is 0 Å². The molecule has 0 aliphatic heterocycles. The number of halogens is 1. The lowest BCUT2D eigenvalue weighted by atomic mass is 10.1. The molecule has 0 saturated heterocycles. The van der Waals surface area contributed by atoms with E-state index in [0.29, 0.717) is 5.92 Å². The van der Waals surface area contributed by atoms with Gasteiger partial charge in [-0.2, -0.15) is 0 Å². The Labute approximate surface area is 81.8 Å². The van der Waals surface area contributed by atoms with E-state index in [9.17, 15) is 0 Å². The number of nitrogens with one attached hydrogen (secondary N) is 1. The second-order valence-corrected chi connectivity index (χ2v) is 3.31. The molecule has 0 aromatic heterocycles. The van der Waals surface area contributed by atoms with Gasteiger partial charge < -0.3 is 3.53 Å². The van der Waals surface area contributed by atoms with Crippen LogP contribution in [0.15, 0.2) is 35.6 Å². The summed E-state index contributed by atoms with van der Waals surface area (Å²) in [5, 5.41) is 0. The Morgan fingerprint density at radius 2 is 2.27 bits per heavy atom. The molecule has 0 bridgehead atoms. The number of hydrogen-bond acceptors (Lipinski definition) is 1. The summed E-state index contributed by atoms with van der Waals surface area (Å²) in [6.07, 6.45) is 8.64. The van der Waals surface area contributed by atoms with Crippen molar-refractivity contribution in [1.82, 2.24) is 3.53 Å². The van der Waals surface area contributed by atoms with Gasteiger partial charge in [0, 0.05) is 5.70 Å². The Hall–Kier alpha value is -0.250. The van der Waals surface area contributed by atoms with Crippen molar-refractivity contribution in [3.63, 3.8) is 0 Å². The molecule has 0 radical (unpaired) electrons. The Morgan fingerprint density at radius 1 is 1.55 bits per heavy atom. The van der Waals surface area contributed by atoms with Crippen molar-refractivity contribution in [1.29, 1.82) is 0 Å². The van der Waals surface area contributed by atoms with Gasteiger partial charge in [-0.15, -0.1) is 0 Å². The highest BCUT2D eigenvalue weighted by atomic mass is 127. The predicted octanol–water partition coefficient (Wildman–Crippen LogP) is 2.96. The van der Waals surface area contributed by atoms with Crippen molar-refractivity contribution in [3.8, 4) is 0 Å². The molecule has 0 amide bonds. The first-order valence-corrected chi connectivity index (χ1v) is 4.76. The number of hydrogen-bond donors (Lipinski definition) is 1. The van der Waals surface area contributed by atoms with Gasteiger partial charge >= 0.3 is 0 Å². The molecular formula is C9H12IN. The lowest BCUT2D eigenvalue weighted by Gasteiger charge is -2.04. The standard InChI is InChI=1S/C9H12IN/c1-7-4-3-5-8(2)9(6-7)11-10/h3-7,11H,1-2H3. The minimum absolute atomic E-state index is 0.529. The molecule has 0 saturated carbocycles. The monoisotopic (exact) mass is 261 g/mol. The van der Waals surface area contributed by atoms with Gasteiger partial charge in [0.25, 0.3) is 0 Å². The fraction of sp³-hybridized carbons (Fsp3) is 0.333. The molecule has 2 heteroatoms. The zero-order valence-corrected chi connectivity index (χ0v) is 8.92. The third-order valence-corrected chi connectivity index (χ3v) is 2.30. The van der Waals surface area contributed by atoms with Crippen LogP contribution >= 0.6 is 22.9 Å². The number of allylic oxidation sites excluding steroid dienone is 5. The topological polar surface area (TPSA) is 12.0 Å². The molecule has 0 fully saturated rings. The molecule has 0 heterocycles. The molecule has 1 atom stereocenters. The van der Waals surface area contributed by atoms with Crippen LogP contribution in [0.2, 0.25) is 0 Å². The van der Waals surface area contributed by atoms with Crippen LogP contribution in [0, 0.1) is 5.92 Å². The SMILES string of the molecule is CC1=CC=CC(C)C=C1NI. The van der Waals surface area contributed by atoms with E-state index in [1.165, 1.54) is 11.3 Å². The number of rotatable bonds is 1. The third kappa shape index (κ3) is 2.36. The first-order valence-electron chi connectivity index (χ1n) is 3.68. The molecule has 1 N–H and O–H groups in total. The highest BCUT2D eigenvalue weighted by Gasteiger charge is 2.02. The average molecular weight is 261 g/mol. The van der Waals surface area contributed by atoms with Crippen molar-refractivity contribution in [3.05, 3.63) is 35.6 Å². The van der Waals surface area contributed by atoms with Crippen molar-refractivity contribution < 1.29 is 0 Å². The molecule has 1 aliphatic rings. The minimum Gasteiger partial charge on any atom is -0.328 e. The van der Waals surface area contributed by atoms with Crippen LogP contribution in [0.3, 0.4) is 0 Å². The highest BCUT2D eigenvalue weighted by molar-refractivity contribution is 14.1. The third-order valence-electron chi connectivity index (χ3n) is 1.72. The van der Waals surface area contributed by atoms with E-state index in [4.69, 9.17) is 0 Å². The Morgan fingerprint density at radius 3 is 2.91 bits per heavy atom. The summed E-state index contributed by atoms with van der Waals surface area (Å²) in [7, 11) is 0. The summed E-state index contributed by atoms with van der Waals surface area (Å²) in [4.78, 5) is 0. The average Bonchev–Trinajstić information content (AvgIpc) is 2.13. The molecule has 60 valence electrons. The summed E-state index contributed by atoms with van der Waals surface area (Å²) >= 11 is 2.16. The van der Waals surface area contributed by atoms with E-state index in [-0.39, 0.29) is 0 Å². The maximum atomic E-state index is 3.15. The largest absolute Gasteiger partial charge is 0.328 e. The van der Waals surface area contributed by atoms with Gasteiger partial charge in [-0.1, -0.05) is 31.2 Å². The first kappa shape index (κ1) is 8.84. The van der Waals surface area contributed by atoms with Gasteiger partial charge in [0.05, 0.1) is 22.9 Å². The summed E-state index contributed by atoms with van der Waals surface area (Å²) < 4.78 is 3.15. The van der Waals surface area contributed by atoms with Gasteiger partial charge in [0.2, 0.25) is 0 Å². The Bertz CT molecular complexity index is 226. The van der Waals surface area contributed by atoms with Crippen LogP contribution in [0.25, 0.3) is 0 Å². The van der Waals surface area contributed by atoms with Crippen molar-refractivity contribution >= 4 is 22.9 Å². The molecule has 0 aromatic rings. The Balaban J connectivity index is 2.89. The maximum absolute atomic E-state index is 3.15. The quantitative estimate of drug-likeness (QED) is 0.565. The summed E-state index contributed by atoms with van der Waals surface area (Å²) in [5.74, 6) is 0.529. The highest BCUT2D eigenvalue weighted by Crippen LogP contribution is 2.15. The van der Waals surface area contributed by atoms with Crippen LogP contribution in [-0.2, 0) is 0 Å². The first-order chi connectivity index (χ1) is 5.24. The zero-order chi connectivity index (χ0) is 8.27. The molecule has 1 aliphatic carbocycles. The van der Waals surface area contributed by atoms with E-state index >= 15 is 0 Å². The molecule has 1 nitrogen and oxygen atoms in total. The molecule has 0 aromatic carbocycles. The van der Waals surface area contributed by atoms with Gasteiger partial charge in [0.1, 0.15) is 0 Å². The van der Waals surface area contributed by atoms with Crippen molar-refractivity contribution in [2.45, 2.75) is 13.8 Å². The van der Waals surface area contributed by atoms with E-state index in [1.54, 1.807) is 0 Å². The van der Waals surface area contributed by atoms with E-state index in [0.717, 1.165) is 0 Å². The normalized spacial score (nSPS) is 23.7. The van der Waals surface area contributed by atoms with Crippen LogP contribution in [0.1, 0.15) is 13.8 Å². The smallest absolute Gasteiger partial charge is 0.0560 e. The molecule has 0 spiro atoms. The van der Waals surface area contributed by atoms with Crippen molar-refractivity contribution in [2.75, 3.05) is 0 Å². The van der Waals surface area contributed by atoms with Crippen LogP contribution in [-0.4, -0.2) is 0 Å². The fourth-order valence-electron chi connectivity index (χ4n) is 1.02. The van der Waals surface area contributed by atoms with Crippen molar-refractivity contribution in [2.24, 2.45) is 5.92 Å². The zero-order valence-electron chi connectivity index (χ0n) is 6.76. The van der Waals surface area contributed by atoms with Crippen LogP contribution < -0.4 is 3.53 Å². The molecule has 1 rings (SSSR count). The predicted molar refractivity (Wildman–Crippen MR) is 57.3 cm³/mol. The summed E-state index contributed by atoms with van der Waals surface area (Å²) in [5.41, 5.74) is 2.52. The lowest BCUT2D eigenvalue weighted by Crippen LogP contribution is -2.00. The molecule has 1 unspecified atom stereocenters. The molecular weight excluding hydrogens is 249 g/mol. The second kappa shape index (κ2) is 3.95. The van der Waals surface area contributed by atoms with E-state index < -0.39 is 0 Å². The maximum Gasteiger partial charge on any atom is 0.0560 e. The second-order valence-electron chi connectivity index (χ2n) is 2.77. The van der Waals surface area contributed by atoms with Gasteiger partial charge in [0.15, 0.2) is 0 Å². The molecule has 11 heavy (non-hydrogen) atoms. The van der Waals surface area contributed by atoms with Gasteiger partial charge in [-0.05, 0) is 18.4 Å². The summed E-state index contributed by atoms with van der Waals surface area (Å²) in [6, 6.07) is 0. The van der Waals surface area contributed by atoms with E-state index in [2.05, 4.69) is 64.5 Å². The van der Waals surface area contributed by atoms with E-state index in [1.807, 2.05) is 0 Å².